The van der Waals surface area contributed by atoms with Crippen molar-refractivity contribution in [2.75, 3.05) is 12.8 Å². The molecule has 168 valence electrons. The summed E-state index contributed by atoms with van der Waals surface area (Å²) < 4.78 is 55.0. The summed E-state index contributed by atoms with van der Waals surface area (Å²) in [6.07, 6.45) is -2.81. The van der Waals surface area contributed by atoms with E-state index < -0.39 is 29.3 Å². The molecule has 6 nitrogen and oxygen atoms in total. The molecule has 0 bridgehead atoms. The number of nitrogen functional groups attached to an aromatic ring is 1. The van der Waals surface area contributed by atoms with Crippen molar-refractivity contribution in [3.05, 3.63) is 76.9 Å². The van der Waals surface area contributed by atoms with E-state index in [4.69, 9.17) is 11.5 Å². The number of hydrogen-bond donors (Lipinski definition) is 2. The zero-order valence-electron chi connectivity index (χ0n) is 17.1. The highest BCUT2D eigenvalue weighted by atomic mass is 19.4. The molecule has 1 aliphatic rings. The van der Waals surface area contributed by atoms with E-state index in [1.165, 1.54) is 6.07 Å². The molecule has 1 unspecified atom stereocenters. The van der Waals surface area contributed by atoms with E-state index in [1.54, 1.807) is 24.3 Å². The monoisotopic (exact) mass is 447 g/mol. The first-order valence-corrected chi connectivity index (χ1v) is 9.90. The molecule has 0 aliphatic heterocycles. The topological polar surface area (TPSA) is 90.2 Å². The zero-order chi connectivity index (χ0) is 23.2. The Kier molecular flexibility index (Phi) is 5.41. The van der Waals surface area contributed by atoms with Crippen LogP contribution in [0.15, 0.2) is 48.5 Å². The number of nitrogens with two attached hydrogens (primary N) is 2. The molecular formula is C22H21F4N5O. The summed E-state index contributed by atoms with van der Waals surface area (Å²) in [5.41, 5.74) is 11.0. The standard InChI is InChI=1S/C22H21F4N5O/c1-30(15-6-7-15)20(12-3-2-4-14(27)9-12)13-5-8-16(23)17(10-13)31-18(21(28)32)11-19(29-31)22(24,25)26/h2-5,8-11,15,20H,6-7,27H2,1H3,(H2,28,32). The van der Waals surface area contributed by atoms with Gasteiger partial charge in [0.25, 0.3) is 5.91 Å². The van der Waals surface area contributed by atoms with Crippen LogP contribution in [-0.4, -0.2) is 33.7 Å². The average molecular weight is 447 g/mol. The Morgan fingerprint density at radius 1 is 1.16 bits per heavy atom. The minimum atomic E-state index is -4.82. The van der Waals surface area contributed by atoms with Gasteiger partial charge in [0, 0.05) is 17.8 Å². The summed E-state index contributed by atoms with van der Waals surface area (Å²) in [7, 11) is 1.93. The van der Waals surface area contributed by atoms with Gasteiger partial charge in [0.15, 0.2) is 5.69 Å². The number of benzene rings is 2. The Hall–Kier alpha value is -3.40. The van der Waals surface area contributed by atoms with Gasteiger partial charge >= 0.3 is 6.18 Å². The lowest BCUT2D eigenvalue weighted by molar-refractivity contribution is -0.141. The second kappa shape index (κ2) is 7.94. The number of aromatic nitrogens is 2. The van der Waals surface area contributed by atoms with Crippen LogP contribution in [0.4, 0.5) is 23.2 Å². The lowest BCUT2D eigenvalue weighted by atomic mass is 9.96. The number of carbonyl (C=O) groups excluding carboxylic acids is 1. The average Bonchev–Trinajstić information content (AvgIpc) is 3.46. The molecule has 0 saturated heterocycles. The Balaban J connectivity index is 1.86. The number of carbonyl (C=O) groups is 1. The maximum absolute atomic E-state index is 14.8. The van der Waals surface area contributed by atoms with Gasteiger partial charge in [-0.25, -0.2) is 9.07 Å². The molecule has 1 atom stereocenters. The Morgan fingerprint density at radius 3 is 2.44 bits per heavy atom. The Bertz CT molecular complexity index is 1170. The molecule has 3 aromatic rings. The predicted octanol–water partition coefficient (Wildman–Crippen LogP) is 3.89. The van der Waals surface area contributed by atoms with Crippen molar-refractivity contribution >= 4 is 11.6 Å². The van der Waals surface area contributed by atoms with Crippen LogP contribution >= 0.6 is 0 Å². The molecule has 2 aromatic carbocycles. The number of primary amides is 1. The molecular weight excluding hydrogens is 426 g/mol. The highest BCUT2D eigenvalue weighted by Crippen LogP contribution is 2.38. The molecule has 1 fully saturated rings. The van der Waals surface area contributed by atoms with Crippen LogP contribution in [0.5, 0.6) is 0 Å². The van der Waals surface area contributed by atoms with E-state index in [1.807, 2.05) is 13.1 Å². The van der Waals surface area contributed by atoms with Crippen molar-refractivity contribution in [2.24, 2.45) is 5.73 Å². The molecule has 1 saturated carbocycles. The third kappa shape index (κ3) is 4.18. The van der Waals surface area contributed by atoms with E-state index in [-0.39, 0.29) is 11.7 Å². The number of rotatable bonds is 6. The second-order valence-electron chi connectivity index (χ2n) is 7.87. The molecule has 1 amide bonds. The van der Waals surface area contributed by atoms with Gasteiger partial charge in [-0.3, -0.25) is 9.69 Å². The summed E-state index contributed by atoms with van der Waals surface area (Å²) >= 11 is 0. The van der Waals surface area contributed by atoms with E-state index in [0.29, 0.717) is 28.0 Å². The number of amides is 1. The van der Waals surface area contributed by atoms with Crippen LogP contribution in [0, 0.1) is 5.82 Å². The third-order valence-electron chi connectivity index (χ3n) is 5.52. The van der Waals surface area contributed by atoms with E-state index in [0.717, 1.165) is 24.5 Å². The lowest BCUT2D eigenvalue weighted by Gasteiger charge is -2.29. The van der Waals surface area contributed by atoms with Crippen LogP contribution in [0.1, 0.15) is 46.2 Å². The maximum atomic E-state index is 14.8. The van der Waals surface area contributed by atoms with Gasteiger partial charge in [-0.1, -0.05) is 18.2 Å². The maximum Gasteiger partial charge on any atom is 0.435 e. The van der Waals surface area contributed by atoms with Gasteiger partial charge in [-0.15, -0.1) is 0 Å². The smallest absolute Gasteiger partial charge is 0.399 e. The van der Waals surface area contributed by atoms with Gasteiger partial charge < -0.3 is 11.5 Å². The molecule has 4 N–H and O–H groups in total. The van der Waals surface area contributed by atoms with Gasteiger partial charge in [0.2, 0.25) is 0 Å². The number of anilines is 1. The van der Waals surface area contributed by atoms with Gasteiger partial charge in [-0.05, 0) is 55.3 Å². The van der Waals surface area contributed by atoms with Gasteiger partial charge in [0.05, 0.1) is 6.04 Å². The highest BCUT2D eigenvalue weighted by molar-refractivity contribution is 5.91. The summed E-state index contributed by atoms with van der Waals surface area (Å²) in [6.45, 7) is 0. The normalized spacial score (nSPS) is 15.2. The first-order valence-electron chi connectivity index (χ1n) is 9.90. The van der Waals surface area contributed by atoms with Crippen LogP contribution < -0.4 is 11.5 Å². The predicted molar refractivity (Wildman–Crippen MR) is 111 cm³/mol. The summed E-state index contributed by atoms with van der Waals surface area (Å²) in [6, 6.07) is 11.8. The number of halogens is 4. The molecule has 1 heterocycles. The molecule has 0 radical (unpaired) electrons. The van der Waals surface area contributed by atoms with Crippen molar-refractivity contribution < 1.29 is 22.4 Å². The van der Waals surface area contributed by atoms with Gasteiger partial charge in [0.1, 0.15) is 17.2 Å². The highest BCUT2D eigenvalue weighted by Gasteiger charge is 2.37. The second-order valence-corrected chi connectivity index (χ2v) is 7.87. The first kappa shape index (κ1) is 21.8. The van der Waals surface area contributed by atoms with Crippen molar-refractivity contribution in [1.29, 1.82) is 0 Å². The van der Waals surface area contributed by atoms with E-state index in [9.17, 15) is 22.4 Å². The SMILES string of the molecule is CN(C1CC1)C(c1cccc(N)c1)c1ccc(F)c(-n2nc(C(F)(F)F)cc2C(N)=O)c1. The minimum absolute atomic E-state index is 0.301. The summed E-state index contributed by atoms with van der Waals surface area (Å²) in [5, 5.41) is 3.43. The van der Waals surface area contributed by atoms with E-state index in [2.05, 4.69) is 10.00 Å². The van der Waals surface area contributed by atoms with Crippen LogP contribution in [0.3, 0.4) is 0 Å². The molecule has 32 heavy (non-hydrogen) atoms. The number of hydrogen-bond acceptors (Lipinski definition) is 4. The number of nitrogens with zero attached hydrogens (tertiary/aromatic N) is 3. The lowest BCUT2D eigenvalue weighted by Crippen LogP contribution is -2.28. The minimum Gasteiger partial charge on any atom is -0.399 e. The first-order chi connectivity index (χ1) is 15.1. The number of alkyl halides is 3. The fraction of sp³-hybridized carbons (Fsp3) is 0.273. The quantitative estimate of drug-likeness (QED) is 0.443. The zero-order valence-corrected chi connectivity index (χ0v) is 17.1. The largest absolute Gasteiger partial charge is 0.435 e. The summed E-state index contributed by atoms with van der Waals surface area (Å²) in [5.74, 6) is -1.99. The van der Waals surface area contributed by atoms with Crippen molar-refractivity contribution in [2.45, 2.75) is 31.1 Å². The molecule has 0 spiro atoms. The molecule has 1 aromatic heterocycles. The van der Waals surface area contributed by atoms with Crippen LogP contribution in [0.2, 0.25) is 0 Å². The molecule has 4 rings (SSSR count). The molecule has 1 aliphatic carbocycles. The molecule has 10 heteroatoms. The fourth-order valence-electron chi connectivity index (χ4n) is 3.83. The Labute approximate surface area is 181 Å². The summed E-state index contributed by atoms with van der Waals surface area (Å²) in [4.78, 5) is 13.9. The van der Waals surface area contributed by atoms with Crippen LogP contribution in [-0.2, 0) is 6.18 Å². The van der Waals surface area contributed by atoms with Gasteiger partial charge in [-0.2, -0.15) is 18.3 Å². The van der Waals surface area contributed by atoms with Crippen LogP contribution in [0.25, 0.3) is 5.69 Å². The Morgan fingerprint density at radius 2 is 1.84 bits per heavy atom. The fourth-order valence-corrected chi connectivity index (χ4v) is 3.83. The van der Waals surface area contributed by atoms with Crippen molar-refractivity contribution in [1.82, 2.24) is 14.7 Å². The van der Waals surface area contributed by atoms with E-state index >= 15 is 0 Å². The third-order valence-corrected chi connectivity index (χ3v) is 5.52. The van der Waals surface area contributed by atoms with Crippen molar-refractivity contribution in [3.8, 4) is 5.69 Å². The van der Waals surface area contributed by atoms with Crippen molar-refractivity contribution in [3.63, 3.8) is 0 Å².